The van der Waals surface area contributed by atoms with Crippen molar-refractivity contribution in [3.8, 4) is 0 Å². The van der Waals surface area contributed by atoms with Gasteiger partial charge in [0.15, 0.2) is 17.4 Å². The van der Waals surface area contributed by atoms with E-state index in [9.17, 15) is 0 Å². The summed E-state index contributed by atoms with van der Waals surface area (Å²) in [6.45, 7) is 0. The van der Waals surface area contributed by atoms with Gasteiger partial charge >= 0.3 is 55.0 Å². The zero-order valence-corrected chi connectivity index (χ0v) is 6.09. The molecule has 0 saturated carbocycles. The van der Waals surface area contributed by atoms with E-state index in [0.29, 0.717) is 0 Å². The van der Waals surface area contributed by atoms with Crippen LogP contribution >= 0.6 is 7.82 Å². The Balaban J connectivity index is -0.0000000133. The Bertz CT molecular complexity index is 66.7. The molecule has 0 aliphatic carbocycles. The molecule has 0 spiro atoms. The molecule has 0 aromatic heterocycles. The van der Waals surface area contributed by atoms with E-state index in [1.54, 1.807) is 0 Å². The second-order valence-corrected chi connectivity index (χ2v) is 1.54. The van der Waals surface area contributed by atoms with Crippen LogP contribution in [0.3, 0.4) is 0 Å². The van der Waals surface area contributed by atoms with Crippen LogP contribution in [0.5, 0.6) is 0 Å². The average molecular weight is 229 g/mol. The van der Waals surface area contributed by atoms with E-state index in [4.69, 9.17) is 19.2 Å². The topological polar surface area (TPSA) is 77.8 Å². The van der Waals surface area contributed by atoms with Gasteiger partial charge in [-0.2, -0.15) is 0 Å². The molecule has 0 rings (SSSR count). The van der Waals surface area contributed by atoms with Crippen molar-refractivity contribution in [3.63, 3.8) is 0 Å². The molecule has 0 atom stereocenters. The Labute approximate surface area is 92.2 Å². The third-order valence-corrected chi connectivity index (χ3v) is 0. The Kier molecular flexibility index (Phi) is 25.8. The largest absolute Gasteiger partial charge is 1.00 e. The predicted octanol–water partition coefficient (Wildman–Crippen LogP) is -6.45. The smallest absolute Gasteiger partial charge is 1.00 e. The molecule has 0 aromatic rings. The summed E-state index contributed by atoms with van der Waals surface area (Å²) in [6, 6.07) is 0. The van der Waals surface area contributed by atoms with Crippen LogP contribution in [0.1, 0.15) is 1.43 Å². The summed E-state index contributed by atoms with van der Waals surface area (Å²) in [7, 11) is -4.64. The zero-order valence-electron chi connectivity index (χ0n) is 4.20. The first-order chi connectivity index (χ1) is 2.00. The van der Waals surface area contributed by atoms with Crippen LogP contribution in [0.15, 0.2) is 0 Å². The maximum Gasteiger partial charge on any atom is 1.00 e. The molecule has 48 valence electrons. The molecule has 0 aliphatic heterocycles. The minimum Gasteiger partial charge on any atom is -1.00 e. The second-order valence-electron chi connectivity index (χ2n) is 0.513. The van der Waals surface area contributed by atoms with Gasteiger partial charge in [0.2, 0.25) is 0 Å². The quantitative estimate of drug-likeness (QED) is 0.285. The molecule has 0 amide bonds. The summed E-state index contributed by atoms with van der Waals surface area (Å²) < 4.78 is 8.88. The second kappa shape index (κ2) is 9.19. The Morgan fingerprint density at radius 2 is 1.25 bits per heavy atom. The van der Waals surface area contributed by atoms with Crippen molar-refractivity contribution in [2.75, 3.05) is 0 Å². The van der Waals surface area contributed by atoms with Crippen molar-refractivity contribution in [1.82, 2.24) is 0 Å². The third kappa shape index (κ3) is 88.5. The molecule has 0 unspecified atom stereocenters. The van der Waals surface area contributed by atoms with Gasteiger partial charge in [-0.1, -0.05) is 0 Å². The first-order valence-corrected chi connectivity index (χ1v) is 2.35. The van der Waals surface area contributed by atoms with Gasteiger partial charge in [0, 0.05) is 0 Å². The standard InChI is InChI=1S/Al.GeH4.Na.H3O4P.4H/c;;;1-5(2,3)4;;;;/h;1H4;;(H3,1,2,3,4);;;;/q;;+1;;;;;-1. The minimum atomic E-state index is -4.64. The molecule has 8 heteroatoms. The Morgan fingerprint density at radius 1 is 1.25 bits per heavy atom. The van der Waals surface area contributed by atoms with Gasteiger partial charge < -0.3 is 16.1 Å². The number of hydrogen-bond donors (Lipinski definition) is 3. The monoisotopic (exact) mass is 230 g/mol. The van der Waals surface area contributed by atoms with Crippen LogP contribution in [0.4, 0.5) is 0 Å². The fourth-order valence-electron chi connectivity index (χ4n) is 0. The van der Waals surface area contributed by atoms with Crippen molar-refractivity contribution in [2.45, 2.75) is 0 Å². The van der Waals surface area contributed by atoms with E-state index in [-0.39, 0.29) is 65.9 Å². The summed E-state index contributed by atoms with van der Waals surface area (Å²) in [5, 5.41) is 0. The summed E-state index contributed by atoms with van der Waals surface area (Å²) in [5.41, 5.74) is 0. The summed E-state index contributed by atoms with van der Waals surface area (Å²) in [5.74, 6) is 0. The molecule has 4 nitrogen and oxygen atoms in total. The molecule has 0 heterocycles. The number of phosphoric acid groups is 1. The third-order valence-electron chi connectivity index (χ3n) is 0. The van der Waals surface area contributed by atoms with Crippen molar-refractivity contribution < 1.29 is 50.2 Å². The van der Waals surface area contributed by atoms with Crippen LogP contribution in [-0.2, 0) is 4.57 Å². The van der Waals surface area contributed by atoms with Gasteiger partial charge in [-0.3, -0.25) is 0 Å². The van der Waals surface area contributed by atoms with E-state index >= 15 is 0 Å². The van der Waals surface area contributed by atoms with Crippen molar-refractivity contribution in [3.05, 3.63) is 0 Å². The number of rotatable bonds is 0. The van der Waals surface area contributed by atoms with Gasteiger partial charge in [0.05, 0.1) is 0 Å². The van der Waals surface area contributed by atoms with Gasteiger partial charge in [0.25, 0.3) is 0 Å². The fraction of sp³-hybridized carbons (Fsp3) is 0. The van der Waals surface area contributed by atoms with E-state index in [1.807, 2.05) is 0 Å². The molecule has 8 heavy (non-hydrogen) atoms. The fourth-order valence-corrected chi connectivity index (χ4v) is 0. The van der Waals surface area contributed by atoms with Gasteiger partial charge in [-0.15, -0.1) is 0 Å². The van der Waals surface area contributed by atoms with Crippen molar-refractivity contribution >= 4 is 42.8 Å². The van der Waals surface area contributed by atoms with E-state index < -0.39 is 7.82 Å². The maximum absolute atomic E-state index is 8.88. The molecule has 0 bridgehead atoms. The van der Waals surface area contributed by atoms with Gasteiger partial charge in [-0.25, -0.2) is 4.57 Å². The average Bonchev–Trinajstić information content (AvgIpc) is 0.722. The normalized spacial score (nSPS) is 7.38. The zero-order chi connectivity index (χ0) is 4.50. The van der Waals surface area contributed by atoms with E-state index in [1.165, 1.54) is 0 Å². The Morgan fingerprint density at radius 3 is 1.25 bits per heavy atom. The summed E-state index contributed by atoms with van der Waals surface area (Å²) >= 11 is 0. The maximum atomic E-state index is 8.88. The van der Waals surface area contributed by atoms with Crippen LogP contribution < -0.4 is 29.6 Å². The Hall–Kier alpha value is 2.19. The van der Waals surface area contributed by atoms with Crippen LogP contribution in [0.2, 0.25) is 0 Å². The van der Waals surface area contributed by atoms with Crippen LogP contribution in [-0.4, -0.2) is 49.6 Å². The summed E-state index contributed by atoms with van der Waals surface area (Å²) in [4.78, 5) is 21.6. The first kappa shape index (κ1) is 22.5. The van der Waals surface area contributed by atoms with Crippen LogP contribution in [0, 0.1) is 0 Å². The molecule has 3 N–H and O–H groups in total. The summed E-state index contributed by atoms with van der Waals surface area (Å²) in [6.07, 6.45) is 0. The first-order valence-electron chi connectivity index (χ1n) is 0.783. The van der Waals surface area contributed by atoms with Crippen molar-refractivity contribution in [2.24, 2.45) is 0 Å². The van der Waals surface area contributed by atoms with Gasteiger partial charge in [-0.05, 0) is 0 Å². The molecule has 0 fully saturated rings. The molecular weight excluding hydrogens is 218 g/mol. The SMILES string of the molecule is O=P(O)(O)O.[AlH3].[GeH4].[H-].[Na+]. The molecule has 0 radical (unpaired) electrons. The van der Waals surface area contributed by atoms with E-state index in [0.717, 1.165) is 0 Å². The van der Waals surface area contributed by atoms with E-state index in [2.05, 4.69) is 0 Å². The minimum absolute atomic E-state index is 0. The van der Waals surface area contributed by atoms with Crippen molar-refractivity contribution in [1.29, 1.82) is 0 Å². The van der Waals surface area contributed by atoms with Crippen LogP contribution in [0.25, 0.3) is 0 Å². The number of hydrogen-bond acceptors (Lipinski definition) is 1. The molecule has 0 saturated heterocycles. The molecule has 0 aliphatic rings. The molecular formula is H11AlGeNaO4P. The predicted molar refractivity (Wildman–Crippen MR) is 36.6 cm³/mol. The molecule has 0 aromatic carbocycles. The van der Waals surface area contributed by atoms with Gasteiger partial charge in [0.1, 0.15) is 0 Å².